The lowest BCUT2D eigenvalue weighted by Crippen LogP contribution is -2.33. The van der Waals surface area contributed by atoms with Crippen LogP contribution in [0.2, 0.25) is 0 Å². The van der Waals surface area contributed by atoms with Gasteiger partial charge >= 0.3 is 0 Å². The predicted octanol–water partition coefficient (Wildman–Crippen LogP) is 3.57. The normalized spacial score (nSPS) is 39.1. The lowest BCUT2D eigenvalue weighted by atomic mass is 9.64. The molecule has 0 saturated heterocycles. The molecule has 2 unspecified atom stereocenters. The Hall–Kier alpha value is -0.330. The van der Waals surface area contributed by atoms with Gasteiger partial charge in [-0.25, -0.2) is 0 Å². The zero-order chi connectivity index (χ0) is 10.0. The van der Waals surface area contributed by atoms with E-state index in [2.05, 4.69) is 6.92 Å². The molecule has 0 radical (unpaired) electrons. The van der Waals surface area contributed by atoms with E-state index in [0.717, 1.165) is 24.7 Å². The van der Waals surface area contributed by atoms with Crippen LogP contribution in [0, 0.1) is 17.3 Å². The quantitative estimate of drug-likeness (QED) is 0.628. The van der Waals surface area contributed by atoms with E-state index in [9.17, 15) is 4.79 Å². The van der Waals surface area contributed by atoms with Crippen LogP contribution >= 0.6 is 0 Å². The van der Waals surface area contributed by atoms with Gasteiger partial charge in [0.05, 0.1) is 0 Å². The Bertz CT molecular complexity index is 207. The molecule has 0 aliphatic heterocycles. The van der Waals surface area contributed by atoms with Gasteiger partial charge in [0.15, 0.2) is 0 Å². The van der Waals surface area contributed by atoms with Gasteiger partial charge in [-0.15, -0.1) is 0 Å². The molecule has 1 nitrogen and oxygen atoms in total. The maximum absolute atomic E-state index is 11.3. The maximum atomic E-state index is 11.3. The Morgan fingerprint density at radius 1 is 1.29 bits per heavy atom. The second-order valence-corrected chi connectivity index (χ2v) is 5.68. The fourth-order valence-electron chi connectivity index (χ4n) is 3.31. The van der Waals surface area contributed by atoms with Crippen LogP contribution in [0.4, 0.5) is 0 Å². The highest BCUT2D eigenvalue weighted by molar-refractivity contribution is 5.59. The Morgan fingerprint density at radius 3 is 2.57 bits per heavy atom. The van der Waals surface area contributed by atoms with Gasteiger partial charge in [0.25, 0.3) is 0 Å². The zero-order valence-corrected chi connectivity index (χ0v) is 9.30. The summed E-state index contributed by atoms with van der Waals surface area (Å²) in [6, 6.07) is 0. The summed E-state index contributed by atoms with van der Waals surface area (Å²) in [5.74, 6) is 1.65. The van der Waals surface area contributed by atoms with Gasteiger partial charge in [0, 0.05) is 5.41 Å². The summed E-state index contributed by atoms with van der Waals surface area (Å²) in [6.45, 7) is 2.30. The second kappa shape index (κ2) is 4.04. The Balaban J connectivity index is 1.95. The van der Waals surface area contributed by atoms with E-state index in [0.29, 0.717) is 0 Å². The Morgan fingerprint density at radius 2 is 2.07 bits per heavy atom. The van der Waals surface area contributed by atoms with Crippen LogP contribution < -0.4 is 0 Å². The molecule has 2 atom stereocenters. The molecule has 2 saturated carbocycles. The van der Waals surface area contributed by atoms with E-state index in [1.807, 2.05) is 0 Å². The largest absolute Gasteiger partial charge is 0.303 e. The average Bonchev–Trinajstić information content (AvgIpc) is 2.12. The molecule has 0 aromatic rings. The summed E-state index contributed by atoms with van der Waals surface area (Å²) < 4.78 is 0. The van der Waals surface area contributed by atoms with Gasteiger partial charge in [0.1, 0.15) is 6.29 Å². The van der Waals surface area contributed by atoms with Crippen molar-refractivity contribution in [1.82, 2.24) is 0 Å². The van der Waals surface area contributed by atoms with Crippen LogP contribution in [-0.4, -0.2) is 6.29 Å². The molecule has 2 rings (SSSR count). The highest BCUT2D eigenvalue weighted by Crippen LogP contribution is 2.46. The molecule has 0 aromatic carbocycles. The molecule has 1 heteroatoms. The molecule has 80 valence electrons. The molecule has 2 fully saturated rings. The first-order valence-electron chi connectivity index (χ1n) is 6.20. The number of aldehydes is 1. The smallest absolute Gasteiger partial charge is 0.126 e. The van der Waals surface area contributed by atoms with Crippen molar-refractivity contribution in [2.75, 3.05) is 0 Å². The summed E-state index contributed by atoms with van der Waals surface area (Å²) in [5.41, 5.74) is 0.0861. The number of carbonyl (C=O) groups excluding carboxylic acids is 1. The number of hydrogen-bond donors (Lipinski definition) is 0. The van der Waals surface area contributed by atoms with E-state index < -0.39 is 0 Å². The third kappa shape index (κ3) is 2.02. The van der Waals surface area contributed by atoms with Gasteiger partial charge in [-0.2, -0.15) is 0 Å². The van der Waals surface area contributed by atoms with Crippen LogP contribution in [0.3, 0.4) is 0 Å². The van der Waals surface area contributed by atoms with Crippen LogP contribution in [0.5, 0.6) is 0 Å². The third-order valence-electron chi connectivity index (χ3n) is 4.30. The summed E-state index contributed by atoms with van der Waals surface area (Å²) in [5, 5.41) is 0. The SMILES string of the molecule is CC1CCCC(C=O)(CC2CCC2)C1. The number of rotatable bonds is 3. The van der Waals surface area contributed by atoms with Crippen molar-refractivity contribution >= 4 is 6.29 Å². The summed E-state index contributed by atoms with van der Waals surface area (Å²) in [4.78, 5) is 11.3. The first kappa shape index (κ1) is 10.2. The fraction of sp³-hybridized carbons (Fsp3) is 0.923. The van der Waals surface area contributed by atoms with Crippen molar-refractivity contribution < 1.29 is 4.79 Å². The summed E-state index contributed by atoms with van der Waals surface area (Å²) in [6.07, 6.45) is 11.6. The Labute approximate surface area is 87.3 Å². The van der Waals surface area contributed by atoms with E-state index >= 15 is 0 Å². The minimum Gasteiger partial charge on any atom is -0.303 e. The van der Waals surface area contributed by atoms with E-state index in [1.54, 1.807) is 0 Å². The maximum Gasteiger partial charge on any atom is 0.126 e. The van der Waals surface area contributed by atoms with Crippen LogP contribution in [-0.2, 0) is 4.79 Å². The van der Waals surface area contributed by atoms with E-state index in [4.69, 9.17) is 0 Å². The minimum absolute atomic E-state index is 0.0861. The first-order chi connectivity index (χ1) is 6.74. The molecule has 2 aliphatic rings. The van der Waals surface area contributed by atoms with Gasteiger partial charge in [0.2, 0.25) is 0 Å². The Kier molecular flexibility index (Phi) is 2.94. The highest BCUT2D eigenvalue weighted by Gasteiger charge is 2.37. The van der Waals surface area contributed by atoms with Gasteiger partial charge in [-0.1, -0.05) is 39.0 Å². The monoisotopic (exact) mass is 194 g/mol. The lowest BCUT2D eigenvalue weighted by Gasteiger charge is -2.40. The standard InChI is InChI=1S/C13H22O/c1-11-4-3-7-13(8-11,10-14)9-12-5-2-6-12/h10-12H,2-9H2,1H3. The van der Waals surface area contributed by atoms with Crippen LogP contribution in [0.25, 0.3) is 0 Å². The zero-order valence-electron chi connectivity index (χ0n) is 9.30. The molecular weight excluding hydrogens is 172 g/mol. The van der Waals surface area contributed by atoms with Crippen molar-refractivity contribution in [3.05, 3.63) is 0 Å². The van der Waals surface area contributed by atoms with E-state index in [-0.39, 0.29) is 5.41 Å². The topological polar surface area (TPSA) is 17.1 Å². The van der Waals surface area contributed by atoms with Crippen molar-refractivity contribution in [3.63, 3.8) is 0 Å². The highest BCUT2D eigenvalue weighted by atomic mass is 16.1. The molecule has 0 amide bonds. The molecule has 0 heterocycles. The van der Waals surface area contributed by atoms with Gasteiger partial charge in [-0.3, -0.25) is 0 Å². The van der Waals surface area contributed by atoms with Crippen molar-refractivity contribution in [1.29, 1.82) is 0 Å². The van der Waals surface area contributed by atoms with E-state index in [1.165, 1.54) is 44.8 Å². The van der Waals surface area contributed by atoms with Crippen molar-refractivity contribution in [2.24, 2.45) is 17.3 Å². The molecule has 14 heavy (non-hydrogen) atoms. The van der Waals surface area contributed by atoms with Gasteiger partial charge < -0.3 is 4.79 Å². The molecule has 0 bridgehead atoms. The van der Waals surface area contributed by atoms with Crippen LogP contribution in [0.1, 0.15) is 58.3 Å². The number of carbonyl (C=O) groups is 1. The molecule has 0 N–H and O–H groups in total. The first-order valence-corrected chi connectivity index (χ1v) is 6.20. The van der Waals surface area contributed by atoms with Crippen molar-refractivity contribution in [2.45, 2.75) is 58.3 Å². The fourth-order valence-corrected chi connectivity index (χ4v) is 3.31. The number of hydrogen-bond acceptors (Lipinski definition) is 1. The third-order valence-corrected chi connectivity index (χ3v) is 4.30. The molecule has 2 aliphatic carbocycles. The lowest BCUT2D eigenvalue weighted by molar-refractivity contribution is -0.120. The summed E-state index contributed by atoms with van der Waals surface area (Å²) in [7, 11) is 0. The summed E-state index contributed by atoms with van der Waals surface area (Å²) >= 11 is 0. The molecule has 0 spiro atoms. The molecular formula is C13H22O. The predicted molar refractivity (Wildman–Crippen MR) is 58.1 cm³/mol. The average molecular weight is 194 g/mol. The molecule has 0 aromatic heterocycles. The minimum atomic E-state index is 0.0861. The second-order valence-electron chi connectivity index (χ2n) is 5.68. The van der Waals surface area contributed by atoms with Crippen molar-refractivity contribution in [3.8, 4) is 0 Å². The van der Waals surface area contributed by atoms with Gasteiger partial charge in [-0.05, 0) is 31.1 Å². The van der Waals surface area contributed by atoms with Crippen LogP contribution in [0.15, 0.2) is 0 Å².